The van der Waals surface area contributed by atoms with Gasteiger partial charge in [-0.1, -0.05) is 78.9 Å². The van der Waals surface area contributed by atoms with Gasteiger partial charge in [-0.3, -0.25) is 0 Å². The Labute approximate surface area is 273 Å². The first-order valence-corrected chi connectivity index (χ1v) is 19.2. The molecule has 8 heteroatoms. The molecule has 1 aliphatic heterocycles. The van der Waals surface area contributed by atoms with Gasteiger partial charge in [0.05, 0.1) is 19.6 Å². The Morgan fingerprint density at radius 1 is 0.478 bits per heavy atom. The van der Waals surface area contributed by atoms with Crippen LogP contribution in [0.25, 0.3) is 63.0 Å². The third-order valence-corrected chi connectivity index (χ3v) is 14.8. The Hall–Kier alpha value is -4.60. The molecule has 0 atom stereocenters. The second kappa shape index (κ2) is 9.95. The van der Waals surface area contributed by atoms with Crippen molar-refractivity contribution in [1.29, 1.82) is 0 Å². The van der Waals surface area contributed by atoms with E-state index in [0.717, 1.165) is 42.8 Å². The predicted molar refractivity (Wildman–Crippen MR) is 188 cm³/mol. The third-order valence-electron chi connectivity index (χ3n) is 8.68. The van der Waals surface area contributed by atoms with E-state index in [1.54, 1.807) is 83.3 Å². The van der Waals surface area contributed by atoms with Crippen molar-refractivity contribution in [3.63, 3.8) is 0 Å². The highest BCUT2D eigenvalue weighted by Crippen LogP contribution is 2.47. The van der Waals surface area contributed by atoms with Crippen LogP contribution in [-0.4, -0.2) is 16.8 Å². The molecule has 9 rings (SSSR count). The average molecular weight is 671 g/mol. The molecule has 0 unspecified atom stereocenters. The molecule has 0 fully saturated rings. The summed E-state index contributed by atoms with van der Waals surface area (Å²) >= 11 is 3.42. The minimum Gasteiger partial charge on any atom is -0.219 e. The third kappa shape index (κ3) is 4.08. The summed E-state index contributed by atoms with van der Waals surface area (Å²) in [5.74, 6) is 0. The summed E-state index contributed by atoms with van der Waals surface area (Å²) in [5.41, 5.74) is 3.49. The fourth-order valence-electron chi connectivity index (χ4n) is 6.39. The molecule has 0 N–H and O–H groups in total. The maximum Gasteiger partial charge on any atom is 0.207 e. The van der Waals surface area contributed by atoms with Gasteiger partial charge in [-0.15, -0.1) is 22.7 Å². The molecular weight excluding hydrogens is 649 g/mol. The largest absolute Gasteiger partial charge is 0.219 e. The zero-order chi connectivity index (χ0) is 31.2. The maximum atomic E-state index is 13.1. The minimum atomic E-state index is -3.57. The number of rotatable bonds is 4. The lowest BCUT2D eigenvalue weighted by Crippen LogP contribution is -2.01. The van der Waals surface area contributed by atoms with Gasteiger partial charge in [0.1, 0.15) is 0 Å². The summed E-state index contributed by atoms with van der Waals surface area (Å²) in [6.07, 6.45) is 0. The molecule has 0 aliphatic carbocycles. The molecule has 3 heterocycles. The highest BCUT2D eigenvalue weighted by Gasteiger charge is 2.32. The molecule has 2 aromatic heterocycles. The van der Waals surface area contributed by atoms with Crippen LogP contribution in [0.15, 0.2) is 153 Å². The number of sulfone groups is 2. The number of fused-ring (bicyclic) bond motifs is 8. The van der Waals surface area contributed by atoms with Crippen LogP contribution >= 0.6 is 22.7 Å². The van der Waals surface area contributed by atoms with E-state index < -0.39 is 19.7 Å². The molecule has 0 saturated carbocycles. The number of hydrogen-bond acceptors (Lipinski definition) is 6. The van der Waals surface area contributed by atoms with Gasteiger partial charge in [0.15, 0.2) is 0 Å². The van der Waals surface area contributed by atoms with Gasteiger partial charge in [0.2, 0.25) is 19.7 Å². The van der Waals surface area contributed by atoms with Crippen molar-refractivity contribution in [3.05, 3.63) is 133 Å². The van der Waals surface area contributed by atoms with Crippen LogP contribution in [0.5, 0.6) is 0 Å². The van der Waals surface area contributed by atoms with Crippen LogP contribution in [-0.2, 0) is 19.7 Å². The first kappa shape index (κ1) is 27.7. The zero-order valence-corrected chi connectivity index (χ0v) is 27.2. The summed E-state index contributed by atoms with van der Waals surface area (Å²) in [6, 6.07) is 41.5. The smallest absolute Gasteiger partial charge is 0.207 e. The van der Waals surface area contributed by atoms with E-state index in [1.165, 1.54) is 20.2 Å². The molecule has 1 aliphatic rings. The molecule has 222 valence electrons. The van der Waals surface area contributed by atoms with E-state index in [2.05, 4.69) is 36.4 Å². The van der Waals surface area contributed by atoms with Gasteiger partial charge in [-0.2, -0.15) is 0 Å². The minimum absolute atomic E-state index is 0.277. The summed E-state index contributed by atoms with van der Waals surface area (Å²) in [6.45, 7) is 0. The van der Waals surface area contributed by atoms with E-state index in [1.807, 2.05) is 36.4 Å². The van der Waals surface area contributed by atoms with E-state index in [-0.39, 0.29) is 9.79 Å². The lowest BCUT2D eigenvalue weighted by molar-refractivity contribution is 0.595. The summed E-state index contributed by atoms with van der Waals surface area (Å²) in [5, 5.41) is 4.63. The Bertz CT molecular complexity index is 2760. The van der Waals surface area contributed by atoms with Gasteiger partial charge in [-0.25, -0.2) is 16.8 Å². The quantitative estimate of drug-likeness (QED) is 0.187. The average Bonchev–Trinajstić information content (AvgIpc) is 3.79. The molecule has 0 radical (unpaired) electrons. The Morgan fingerprint density at radius 2 is 1.02 bits per heavy atom. The van der Waals surface area contributed by atoms with Crippen LogP contribution in [0.2, 0.25) is 0 Å². The van der Waals surface area contributed by atoms with Gasteiger partial charge in [0.25, 0.3) is 0 Å². The lowest BCUT2D eigenvalue weighted by Gasteiger charge is -2.05. The van der Waals surface area contributed by atoms with Crippen molar-refractivity contribution in [1.82, 2.24) is 0 Å². The molecule has 0 spiro atoms. The van der Waals surface area contributed by atoms with Crippen LogP contribution in [0.1, 0.15) is 0 Å². The Kier molecular flexibility index (Phi) is 5.99. The molecule has 6 aromatic carbocycles. The lowest BCUT2D eigenvalue weighted by atomic mass is 10.0. The van der Waals surface area contributed by atoms with Crippen molar-refractivity contribution in [2.75, 3.05) is 0 Å². The molecule has 46 heavy (non-hydrogen) atoms. The zero-order valence-electron chi connectivity index (χ0n) is 24.0. The van der Waals surface area contributed by atoms with Gasteiger partial charge in [0, 0.05) is 41.1 Å². The first-order chi connectivity index (χ1) is 22.3. The number of benzene rings is 6. The molecule has 4 nitrogen and oxygen atoms in total. The fourth-order valence-corrected chi connectivity index (χ4v) is 11.7. The van der Waals surface area contributed by atoms with E-state index >= 15 is 0 Å². The maximum absolute atomic E-state index is 13.1. The monoisotopic (exact) mass is 670 g/mol. The summed E-state index contributed by atoms with van der Waals surface area (Å²) < 4.78 is 54.7. The van der Waals surface area contributed by atoms with E-state index in [0.29, 0.717) is 9.79 Å². The highest BCUT2D eigenvalue weighted by molar-refractivity contribution is 7.92. The molecule has 0 saturated heterocycles. The van der Waals surface area contributed by atoms with Crippen LogP contribution in [0.4, 0.5) is 0 Å². The Balaban J connectivity index is 1.10. The molecule has 0 amide bonds. The van der Waals surface area contributed by atoms with Crippen molar-refractivity contribution >= 4 is 73.3 Å². The second-order valence-corrected chi connectivity index (χ2v) is 17.3. The van der Waals surface area contributed by atoms with Crippen molar-refractivity contribution < 1.29 is 16.8 Å². The normalized spacial score (nSPS) is 13.7. The van der Waals surface area contributed by atoms with Crippen molar-refractivity contribution in [2.24, 2.45) is 0 Å². The van der Waals surface area contributed by atoms with Crippen LogP contribution < -0.4 is 0 Å². The standard InChI is InChI=1S/C38H22O4S4/c39-45(40,27-6-2-1-3-7-27)28-15-10-23(11-16-28)33-21-25-12-17-31-30(37(25)43-33)18-13-26-22-34(44-38(26)31)24-14-19-36-32(20-24)29-8-4-5-9-35(29)46(36,41)42/h1-22H. The van der Waals surface area contributed by atoms with Gasteiger partial charge >= 0.3 is 0 Å². The van der Waals surface area contributed by atoms with Crippen LogP contribution in [0.3, 0.4) is 0 Å². The van der Waals surface area contributed by atoms with Crippen LogP contribution in [0, 0.1) is 0 Å². The summed E-state index contributed by atoms with van der Waals surface area (Å²) in [4.78, 5) is 3.47. The van der Waals surface area contributed by atoms with Crippen molar-refractivity contribution in [2.45, 2.75) is 19.6 Å². The summed E-state index contributed by atoms with van der Waals surface area (Å²) in [7, 11) is -7.07. The number of hydrogen-bond donors (Lipinski definition) is 0. The predicted octanol–water partition coefficient (Wildman–Crippen LogP) is 10.2. The Morgan fingerprint density at radius 3 is 1.70 bits per heavy atom. The topological polar surface area (TPSA) is 68.3 Å². The van der Waals surface area contributed by atoms with Gasteiger partial charge < -0.3 is 0 Å². The number of thiophene rings is 2. The van der Waals surface area contributed by atoms with Gasteiger partial charge in [-0.05, 0) is 76.5 Å². The first-order valence-electron chi connectivity index (χ1n) is 14.6. The second-order valence-electron chi connectivity index (χ2n) is 11.3. The van der Waals surface area contributed by atoms with E-state index in [4.69, 9.17) is 0 Å². The molecule has 0 bridgehead atoms. The molecular formula is C38H22O4S4. The molecule has 8 aromatic rings. The van der Waals surface area contributed by atoms with E-state index in [9.17, 15) is 16.8 Å². The SMILES string of the molecule is O=S(=O)(c1ccccc1)c1ccc(-c2cc3ccc4c(ccc5cc(-c6ccc7c(c6)-c6ccccc6S7(=O)=O)sc54)c3s2)cc1. The fraction of sp³-hybridized carbons (Fsp3) is 0. The highest BCUT2D eigenvalue weighted by atomic mass is 32.2. The van der Waals surface area contributed by atoms with Crippen molar-refractivity contribution in [3.8, 4) is 32.0 Å².